The van der Waals surface area contributed by atoms with Gasteiger partial charge in [0.25, 0.3) is 0 Å². The highest BCUT2D eigenvalue weighted by molar-refractivity contribution is 5.80. The van der Waals surface area contributed by atoms with Crippen LogP contribution in [0.4, 0.5) is 0 Å². The molecule has 0 spiro atoms. The lowest BCUT2D eigenvalue weighted by Gasteiger charge is -2.22. The summed E-state index contributed by atoms with van der Waals surface area (Å²) in [7, 11) is 0. The van der Waals surface area contributed by atoms with Gasteiger partial charge >= 0.3 is 0 Å². The Bertz CT molecular complexity index is 901. The smallest absolute Gasteiger partial charge is 0.141 e. The van der Waals surface area contributed by atoms with Crippen LogP contribution in [0.1, 0.15) is 49.1 Å². The van der Waals surface area contributed by atoms with Crippen LogP contribution >= 0.6 is 0 Å². The number of benzene rings is 2. The van der Waals surface area contributed by atoms with E-state index in [4.69, 9.17) is 9.47 Å². The van der Waals surface area contributed by atoms with Gasteiger partial charge in [-0.05, 0) is 54.2 Å². The van der Waals surface area contributed by atoms with Crippen molar-refractivity contribution in [3.05, 3.63) is 72.3 Å². The van der Waals surface area contributed by atoms with Gasteiger partial charge in [0.1, 0.15) is 37.4 Å². The average molecular weight is 390 g/mol. The van der Waals surface area contributed by atoms with E-state index < -0.39 is 0 Å². The monoisotopic (exact) mass is 390 g/mol. The molecule has 1 heterocycles. The molecule has 0 saturated heterocycles. The van der Waals surface area contributed by atoms with Crippen LogP contribution in [0.3, 0.4) is 0 Å². The SMILES string of the molecule is C(=Nn1cnnc1)c1cccc(OCCOc2ccc(C3CCCCC3)cc2)c1. The largest absolute Gasteiger partial charge is 0.490 e. The fourth-order valence-electron chi connectivity index (χ4n) is 3.66. The third-order valence-electron chi connectivity index (χ3n) is 5.18. The van der Waals surface area contributed by atoms with E-state index in [2.05, 4.69) is 39.6 Å². The van der Waals surface area contributed by atoms with Crippen molar-refractivity contribution in [2.75, 3.05) is 13.2 Å². The van der Waals surface area contributed by atoms with Gasteiger partial charge in [0.2, 0.25) is 0 Å². The Morgan fingerprint density at radius 2 is 1.62 bits per heavy atom. The molecule has 150 valence electrons. The van der Waals surface area contributed by atoms with E-state index in [9.17, 15) is 0 Å². The van der Waals surface area contributed by atoms with Crippen molar-refractivity contribution in [2.45, 2.75) is 38.0 Å². The van der Waals surface area contributed by atoms with E-state index >= 15 is 0 Å². The molecule has 4 rings (SSSR count). The molecular formula is C23H26N4O2. The quantitative estimate of drug-likeness (QED) is 0.414. The van der Waals surface area contributed by atoms with Crippen LogP contribution in [0.2, 0.25) is 0 Å². The van der Waals surface area contributed by atoms with Crippen LogP contribution in [0, 0.1) is 0 Å². The molecule has 1 aliphatic rings. The second kappa shape index (κ2) is 9.87. The topological polar surface area (TPSA) is 61.5 Å². The van der Waals surface area contributed by atoms with E-state index in [0.29, 0.717) is 13.2 Å². The first kappa shape index (κ1) is 19.2. The number of nitrogens with zero attached hydrogens (tertiary/aromatic N) is 4. The molecule has 6 heteroatoms. The molecule has 0 unspecified atom stereocenters. The fraction of sp³-hybridized carbons (Fsp3) is 0.348. The van der Waals surface area contributed by atoms with Crippen LogP contribution in [-0.2, 0) is 0 Å². The average Bonchev–Trinajstić information content (AvgIpc) is 3.30. The molecule has 0 bridgehead atoms. The van der Waals surface area contributed by atoms with Gasteiger partial charge in [0, 0.05) is 0 Å². The molecule has 0 atom stereocenters. The zero-order chi connectivity index (χ0) is 19.7. The van der Waals surface area contributed by atoms with E-state index in [0.717, 1.165) is 23.0 Å². The van der Waals surface area contributed by atoms with Gasteiger partial charge in [-0.1, -0.05) is 43.5 Å². The Labute approximate surface area is 171 Å². The zero-order valence-corrected chi connectivity index (χ0v) is 16.5. The maximum atomic E-state index is 5.83. The highest BCUT2D eigenvalue weighted by Gasteiger charge is 2.15. The summed E-state index contributed by atoms with van der Waals surface area (Å²) in [5.74, 6) is 2.40. The van der Waals surface area contributed by atoms with E-state index in [1.807, 2.05) is 24.3 Å². The predicted octanol–water partition coefficient (Wildman–Crippen LogP) is 4.67. The number of rotatable bonds is 8. The van der Waals surface area contributed by atoms with Gasteiger partial charge in [-0.15, -0.1) is 10.2 Å². The highest BCUT2D eigenvalue weighted by Crippen LogP contribution is 2.33. The highest BCUT2D eigenvalue weighted by atomic mass is 16.5. The number of hydrogen-bond donors (Lipinski definition) is 0. The second-order valence-electron chi connectivity index (χ2n) is 7.26. The van der Waals surface area contributed by atoms with E-state index in [1.54, 1.807) is 10.9 Å². The number of aromatic nitrogens is 3. The molecule has 0 radical (unpaired) electrons. The summed E-state index contributed by atoms with van der Waals surface area (Å²) >= 11 is 0. The molecule has 1 saturated carbocycles. The maximum Gasteiger partial charge on any atom is 0.141 e. The van der Waals surface area contributed by atoms with E-state index in [1.165, 1.54) is 50.3 Å². The van der Waals surface area contributed by atoms with Gasteiger partial charge in [0.15, 0.2) is 0 Å². The third kappa shape index (κ3) is 5.67. The number of ether oxygens (including phenoxy) is 2. The molecule has 3 aromatic rings. The summed E-state index contributed by atoms with van der Waals surface area (Å²) < 4.78 is 13.2. The molecule has 6 nitrogen and oxygen atoms in total. The Balaban J connectivity index is 1.22. The summed E-state index contributed by atoms with van der Waals surface area (Å²) in [6.45, 7) is 0.984. The van der Waals surface area contributed by atoms with Crippen molar-refractivity contribution in [1.29, 1.82) is 0 Å². The zero-order valence-electron chi connectivity index (χ0n) is 16.5. The van der Waals surface area contributed by atoms with Crippen LogP contribution in [-0.4, -0.2) is 34.3 Å². The molecule has 0 aliphatic heterocycles. The molecule has 0 amide bonds. The van der Waals surface area contributed by atoms with Crippen molar-refractivity contribution in [3.63, 3.8) is 0 Å². The molecule has 1 fully saturated rings. The summed E-state index contributed by atoms with van der Waals surface area (Å²) in [6, 6.07) is 16.3. The summed E-state index contributed by atoms with van der Waals surface area (Å²) in [6.07, 6.45) is 11.5. The third-order valence-corrected chi connectivity index (χ3v) is 5.18. The molecule has 29 heavy (non-hydrogen) atoms. The first-order chi connectivity index (χ1) is 14.4. The fourth-order valence-corrected chi connectivity index (χ4v) is 3.66. The first-order valence-electron chi connectivity index (χ1n) is 10.2. The van der Waals surface area contributed by atoms with Crippen LogP contribution in [0.25, 0.3) is 0 Å². The van der Waals surface area contributed by atoms with Crippen molar-refractivity contribution in [3.8, 4) is 11.5 Å². The Kier molecular flexibility index (Phi) is 6.53. The molecule has 0 N–H and O–H groups in total. The molecular weight excluding hydrogens is 364 g/mol. The lowest BCUT2D eigenvalue weighted by Crippen LogP contribution is -2.09. The van der Waals surface area contributed by atoms with Crippen LogP contribution < -0.4 is 9.47 Å². The Morgan fingerprint density at radius 1 is 0.897 bits per heavy atom. The minimum atomic E-state index is 0.483. The van der Waals surface area contributed by atoms with Gasteiger partial charge in [0.05, 0.1) is 6.21 Å². The molecule has 1 aliphatic carbocycles. The minimum Gasteiger partial charge on any atom is -0.490 e. The molecule has 2 aromatic carbocycles. The Hall–Kier alpha value is -3.15. The maximum absolute atomic E-state index is 5.83. The standard InChI is InChI=1S/C23H26N4O2/c1-2-6-20(7-3-1)21-9-11-22(12-10-21)28-13-14-29-23-8-4-5-19(15-23)16-26-27-17-24-25-18-27/h4-5,8-12,15-18,20H,1-3,6-7,13-14H2. The summed E-state index contributed by atoms with van der Waals surface area (Å²) in [4.78, 5) is 0. The van der Waals surface area contributed by atoms with Gasteiger partial charge in [-0.25, -0.2) is 4.68 Å². The van der Waals surface area contributed by atoms with E-state index in [-0.39, 0.29) is 0 Å². The predicted molar refractivity (Wildman–Crippen MR) is 113 cm³/mol. The lowest BCUT2D eigenvalue weighted by atomic mass is 9.84. The van der Waals surface area contributed by atoms with Crippen molar-refractivity contribution in [1.82, 2.24) is 14.9 Å². The van der Waals surface area contributed by atoms with Crippen LogP contribution in [0.5, 0.6) is 11.5 Å². The first-order valence-corrected chi connectivity index (χ1v) is 10.2. The lowest BCUT2D eigenvalue weighted by molar-refractivity contribution is 0.217. The van der Waals surface area contributed by atoms with Gasteiger partial charge in [-0.2, -0.15) is 5.10 Å². The summed E-state index contributed by atoms with van der Waals surface area (Å²) in [5.41, 5.74) is 2.38. The Morgan fingerprint density at radius 3 is 2.38 bits per heavy atom. The second-order valence-corrected chi connectivity index (χ2v) is 7.26. The van der Waals surface area contributed by atoms with Gasteiger partial charge < -0.3 is 9.47 Å². The van der Waals surface area contributed by atoms with Crippen molar-refractivity contribution in [2.24, 2.45) is 5.10 Å². The van der Waals surface area contributed by atoms with Crippen molar-refractivity contribution >= 4 is 6.21 Å². The van der Waals surface area contributed by atoms with Gasteiger partial charge in [-0.3, -0.25) is 0 Å². The minimum absolute atomic E-state index is 0.483. The van der Waals surface area contributed by atoms with Crippen molar-refractivity contribution < 1.29 is 9.47 Å². The normalized spacial score (nSPS) is 14.9. The molecule has 1 aromatic heterocycles. The number of hydrogen-bond acceptors (Lipinski definition) is 5. The van der Waals surface area contributed by atoms with Crippen LogP contribution in [0.15, 0.2) is 66.3 Å². The summed E-state index contributed by atoms with van der Waals surface area (Å²) in [5, 5.41) is 11.7.